The summed E-state index contributed by atoms with van der Waals surface area (Å²) in [5.41, 5.74) is 2.05. The third-order valence-electron chi connectivity index (χ3n) is 4.69. The fourth-order valence-electron chi connectivity index (χ4n) is 3.37. The predicted octanol–water partition coefficient (Wildman–Crippen LogP) is 2.71. The van der Waals surface area contributed by atoms with Gasteiger partial charge in [0.1, 0.15) is 10.9 Å². The summed E-state index contributed by atoms with van der Waals surface area (Å²) in [5, 5.41) is 3.58. The van der Waals surface area contributed by atoms with Crippen LogP contribution in [0.1, 0.15) is 22.8 Å². The van der Waals surface area contributed by atoms with Gasteiger partial charge in [-0.05, 0) is 49.7 Å². The van der Waals surface area contributed by atoms with Crippen molar-refractivity contribution >= 4 is 38.4 Å². The molecule has 2 heterocycles. The van der Waals surface area contributed by atoms with E-state index >= 15 is 0 Å². The molecule has 0 spiro atoms. The zero-order chi connectivity index (χ0) is 20.1. The first-order valence-electron chi connectivity index (χ1n) is 8.65. The van der Waals surface area contributed by atoms with Crippen LogP contribution in [0.3, 0.4) is 0 Å². The monoisotopic (exact) mass is 395 g/mol. The lowest BCUT2D eigenvalue weighted by atomic mass is 10.1. The Kier molecular flexibility index (Phi) is 4.15. The van der Waals surface area contributed by atoms with Crippen LogP contribution in [-0.4, -0.2) is 35.6 Å². The highest BCUT2D eigenvalue weighted by atomic mass is 32.2. The largest absolute Gasteiger partial charge is 0.322 e. The van der Waals surface area contributed by atoms with Crippen molar-refractivity contribution in [1.29, 1.82) is 0 Å². The fraction of sp³-hybridized carbons (Fsp3) is 0.150. The number of benzene rings is 2. The molecule has 0 fully saturated rings. The summed E-state index contributed by atoms with van der Waals surface area (Å²) in [4.78, 5) is 29.7. The van der Waals surface area contributed by atoms with Crippen LogP contribution in [0.25, 0.3) is 10.9 Å². The molecule has 0 unspecified atom stereocenters. The summed E-state index contributed by atoms with van der Waals surface area (Å²) < 4.78 is 26.2. The van der Waals surface area contributed by atoms with Gasteiger partial charge in [-0.1, -0.05) is 18.2 Å². The van der Waals surface area contributed by atoms with Gasteiger partial charge in [0.15, 0.2) is 0 Å². The maximum Gasteiger partial charge on any atom is 0.269 e. The van der Waals surface area contributed by atoms with Crippen LogP contribution in [0.2, 0.25) is 0 Å². The topological polar surface area (TPSA) is 96.4 Å². The van der Waals surface area contributed by atoms with E-state index in [1.165, 1.54) is 19.1 Å². The number of rotatable bonds is 3. The molecule has 0 saturated carbocycles. The van der Waals surface area contributed by atoms with Crippen molar-refractivity contribution < 1.29 is 18.0 Å². The highest BCUT2D eigenvalue weighted by molar-refractivity contribution is 7.90. The van der Waals surface area contributed by atoms with Crippen molar-refractivity contribution in [3.8, 4) is 0 Å². The highest BCUT2D eigenvalue weighted by Crippen LogP contribution is 2.32. The van der Waals surface area contributed by atoms with Gasteiger partial charge in [-0.2, -0.15) is 0 Å². The van der Waals surface area contributed by atoms with Crippen LogP contribution in [0.5, 0.6) is 0 Å². The lowest BCUT2D eigenvalue weighted by Gasteiger charge is -2.22. The van der Waals surface area contributed by atoms with E-state index in [0.717, 1.165) is 10.9 Å². The molecule has 0 saturated heterocycles. The van der Waals surface area contributed by atoms with E-state index in [1.54, 1.807) is 30.5 Å². The number of nitrogens with one attached hydrogen (secondary N) is 1. The van der Waals surface area contributed by atoms with Gasteiger partial charge in [0.05, 0.1) is 16.8 Å². The summed E-state index contributed by atoms with van der Waals surface area (Å²) >= 11 is 0. The molecule has 1 aromatic heterocycles. The third-order valence-corrected chi connectivity index (χ3v) is 6.60. The standard InChI is InChI=1S/C20H17N3O4S/c1-12-10-14-6-5-9-21-18(14)16(11-12)22-19(24)13(2)23-20(25)15-7-3-4-8-17(15)28(23,26)27/h3-11,13H,1-2H3,(H,22,24)/t13-/m1/s1. The summed E-state index contributed by atoms with van der Waals surface area (Å²) in [5.74, 6) is -1.31. The average molecular weight is 395 g/mol. The smallest absolute Gasteiger partial charge is 0.269 e. The first-order valence-corrected chi connectivity index (χ1v) is 10.1. The zero-order valence-electron chi connectivity index (χ0n) is 15.2. The number of hydrogen-bond donors (Lipinski definition) is 1. The number of fused-ring (bicyclic) bond motifs is 2. The molecule has 142 valence electrons. The molecule has 4 rings (SSSR count). The highest BCUT2D eigenvalue weighted by Gasteiger charge is 2.45. The Labute approximate surface area is 162 Å². The van der Waals surface area contributed by atoms with Gasteiger partial charge in [-0.3, -0.25) is 14.6 Å². The number of hydrogen-bond acceptors (Lipinski definition) is 5. The molecule has 8 heteroatoms. The molecule has 1 aliphatic rings. The molecule has 2 amide bonds. The van der Waals surface area contributed by atoms with E-state index in [2.05, 4.69) is 10.3 Å². The second-order valence-electron chi connectivity index (χ2n) is 6.66. The number of pyridine rings is 1. The molecule has 0 bridgehead atoms. The molecular formula is C20H17N3O4S. The number of aryl methyl sites for hydroxylation is 1. The molecule has 1 N–H and O–H groups in total. The minimum atomic E-state index is -4.08. The van der Waals surface area contributed by atoms with Crippen LogP contribution >= 0.6 is 0 Å². The molecule has 1 aliphatic heterocycles. The van der Waals surface area contributed by atoms with Gasteiger partial charge in [-0.25, -0.2) is 12.7 Å². The van der Waals surface area contributed by atoms with Crippen molar-refractivity contribution in [3.63, 3.8) is 0 Å². The van der Waals surface area contributed by atoms with Crippen molar-refractivity contribution in [2.45, 2.75) is 24.8 Å². The van der Waals surface area contributed by atoms with Gasteiger partial charge >= 0.3 is 0 Å². The Morgan fingerprint density at radius 2 is 1.89 bits per heavy atom. The Hall–Kier alpha value is -3.26. The van der Waals surface area contributed by atoms with Crippen LogP contribution in [0.4, 0.5) is 5.69 Å². The molecule has 7 nitrogen and oxygen atoms in total. The van der Waals surface area contributed by atoms with Crippen molar-refractivity contribution in [2.75, 3.05) is 5.32 Å². The Bertz CT molecular complexity index is 1240. The van der Waals surface area contributed by atoms with E-state index in [9.17, 15) is 18.0 Å². The lowest BCUT2D eigenvalue weighted by molar-refractivity contribution is -0.118. The number of amides is 2. The van der Waals surface area contributed by atoms with Gasteiger partial charge < -0.3 is 5.32 Å². The van der Waals surface area contributed by atoms with Crippen molar-refractivity contribution in [3.05, 3.63) is 65.9 Å². The molecule has 0 radical (unpaired) electrons. The molecule has 28 heavy (non-hydrogen) atoms. The fourth-order valence-corrected chi connectivity index (χ4v) is 5.09. The first kappa shape index (κ1) is 18.1. The Morgan fingerprint density at radius 3 is 2.64 bits per heavy atom. The van der Waals surface area contributed by atoms with Crippen LogP contribution < -0.4 is 5.32 Å². The van der Waals surface area contributed by atoms with Crippen LogP contribution in [-0.2, 0) is 14.8 Å². The molecule has 2 aromatic carbocycles. The Balaban J connectivity index is 1.68. The lowest BCUT2D eigenvalue weighted by Crippen LogP contribution is -2.45. The summed E-state index contributed by atoms with van der Waals surface area (Å²) in [6, 6.07) is 12.1. The minimum absolute atomic E-state index is 0.0739. The number of aromatic nitrogens is 1. The molecule has 3 aromatic rings. The summed E-state index contributed by atoms with van der Waals surface area (Å²) in [6.45, 7) is 3.28. The predicted molar refractivity (Wildman–Crippen MR) is 104 cm³/mol. The average Bonchev–Trinajstić information content (AvgIpc) is 2.87. The quantitative estimate of drug-likeness (QED) is 0.736. The SMILES string of the molecule is Cc1cc(NC(=O)[C@@H](C)N2C(=O)c3ccccc3S2(=O)=O)c2ncccc2c1. The summed E-state index contributed by atoms with van der Waals surface area (Å²) in [7, 11) is -4.08. The number of carbonyl (C=O) groups is 2. The zero-order valence-corrected chi connectivity index (χ0v) is 16.0. The third kappa shape index (κ3) is 2.73. The van der Waals surface area contributed by atoms with E-state index < -0.39 is 27.9 Å². The normalized spacial score (nSPS) is 16.1. The maximum atomic E-state index is 12.8. The number of anilines is 1. The summed E-state index contributed by atoms with van der Waals surface area (Å²) in [6.07, 6.45) is 1.61. The van der Waals surface area contributed by atoms with Crippen LogP contribution in [0.15, 0.2) is 59.6 Å². The second kappa shape index (κ2) is 6.42. The number of sulfonamides is 1. The van der Waals surface area contributed by atoms with Gasteiger partial charge in [-0.15, -0.1) is 0 Å². The first-order chi connectivity index (χ1) is 13.3. The Morgan fingerprint density at radius 1 is 1.14 bits per heavy atom. The van der Waals surface area contributed by atoms with E-state index in [-0.39, 0.29) is 10.5 Å². The van der Waals surface area contributed by atoms with Crippen molar-refractivity contribution in [2.24, 2.45) is 0 Å². The number of carbonyl (C=O) groups excluding carboxylic acids is 2. The van der Waals surface area contributed by atoms with Gasteiger partial charge in [0, 0.05) is 11.6 Å². The van der Waals surface area contributed by atoms with Crippen LogP contribution in [0, 0.1) is 6.92 Å². The minimum Gasteiger partial charge on any atom is -0.322 e. The molecular weight excluding hydrogens is 378 g/mol. The van der Waals surface area contributed by atoms with Gasteiger partial charge in [0.2, 0.25) is 5.91 Å². The maximum absolute atomic E-state index is 12.8. The van der Waals surface area contributed by atoms with Crippen molar-refractivity contribution in [1.82, 2.24) is 9.29 Å². The molecule has 0 aliphatic carbocycles. The van der Waals surface area contributed by atoms with E-state index in [4.69, 9.17) is 0 Å². The number of nitrogens with zero attached hydrogens (tertiary/aromatic N) is 2. The van der Waals surface area contributed by atoms with E-state index in [0.29, 0.717) is 15.5 Å². The van der Waals surface area contributed by atoms with Gasteiger partial charge in [0.25, 0.3) is 15.9 Å². The second-order valence-corrected chi connectivity index (χ2v) is 8.44. The van der Waals surface area contributed by atoms with E-state index in [1.807, 2.05) is 19.1 Å². The molecule has 1 atom stereocenters.